The number of hydrogen-bond acceptors (Lipinski definition) is 9. The van der Waals surface area contributed by atoms with Crippen LogP contribution in [0.5, 0.6) is 0 Å². The Hall–Kier alpha value is -4.48. The van der Waals surface area contributed by atoms with E-state index in [1.807, 2.05) is 11.9 Å². The van der Waals surface area contributed by atoms with Crippen LogP contribution >= 0.6 is 0 Å². The van der Waals surface area contributed by atoms with Crippen LogP contribution in [-0.4, -0.2) is 56.1 Å². The predicted octanol–water partition coefficient (Wildman–Crippen LogP) is 1.83. The molecule has 1 aromatic carbocycles. The number of nitrogens with zero attached hydrogens (tertiary/aromatic N) is 4. The van der Waals surface area contributed by atoms with Gasteiger partial charge >= 0.3 is 11.9 Å². The molecule has 0 aliphatic carbocycles. The summed E-state index contributed by atoms with van der Waals surface area (Å²) in [7, 11) is 1.89. The van der Waals surface area contributed by atoms with Gasteiger partial charge in [-0.05, 0) is 48.2 Å². The van der Waals surface area contributed by atoms with Gasteiger partial charge in [-0.2, -0.15) is 9.97 Å². The van der Waals surface area contributed by atoms with E-state index in [1.54, 1.807) is 30.5 Å². The van der Waals surface area contributed by atoms with E-state index in [9.17, 15) is 19.5 Å². The third-order valence-electron chi connectivity index (χ3n) is 5.70. The largest absolute Gasteiger partial charge is 0.481 e. The zero-order valence-corrected chi connectivity index (χ0v) is 20.1. The molecule has 1 amide bonds. The first-order valence-corrected chi connectivity index (χ1v) is 11.4. The predicted molar refractivity (Wildman–Crippen MR) is 134 cm³/mol. The number of carbonyl (C=O) groups excluding carboxylic acids is 1. The van der Waals surface area contributed by atoms with Crippen molar-refractivity contribution in [2.75, 3.05) is 23.4 Å². The number of aliphatic carboxylic acids is 2. The van der Waals surface area contributed by atoms with Gasteiger partial charge in [-0.25, -0.2) is 9.78 Å². The molecular weight excluding hydrogens is 466 g/mol. The van der Waals surface area contributed by atoms with Gasteiger partial charge in [0.15, 0.2) is 5.65 Å². The maximum absolute atomic E-state index is 12.5. The second-order valence-corrected chi connectivity index (χ2v) is 8.38. The van der Waals surface area contributed by atoms with Crippen LogP contribution in [0.2, 0.25) is 0 Å². The highest BCUT2D eigenvalue weighted by Crippen LogP contribution is 2.27. The van der Waals surface area contributed by atoms with Crippen molar-refractivity contribution in [3.8, 4) is 0 Å². The Balaban J connectivity index is 1.77. The molecule has 2 heterocycles. The van der Waals surface area contributed by atoms with Crippen molar-refractivity contribution in [2.45, 2.75) is 45.2 Å². The topological polar surface area (TPSA) is 198 Å². The van der Waals surface area contributed by atoms with Crippen LogP contribution in [0.3, 0.4) is 0 Å². The van der Waals surface area contributed by atoms with E-state index >= 15 is 0 Å². The fourth-order valence-electron chi connectivity index (χ4n) is 3.90. The minimum absolute atomic E-state index is 0.0699. The number of benzene rings is 1. The Morgan fingerprint density at radius 2 is 1.81 bits per heavy atom. The molecule has 0 saturated heterocycles. The first-order valence-electron chi connectivity index (χ1n) is 11.4. The fourth-order valence-corrected chi connectivity index (χ4v) is 3.90. The number of amides is 1. The molecule has 0 bridgehead atoms. The van der Waals surface area contributed by atoms with Gasteiger partial charge in [0.25, 0.3) is 5.91 Å². The Kier molecular flexibility index (Phi) is 8.20. The summed E-state index contributed by atoms with van der Waals surface area (Å²) in [4.78, 5) is 49.3. The highest BCUT2D eigenvalue weighted by atomic mass is 16.4. The molecule has 3 rings (SSSR count). The number of nitrogens with one attached hydrogen (secondary N) is 1. The van der Waals surface area contributed by atoms with Crippen molar-refractivity contribution >= 4 is 46.3 Å². The highest BCUT2D eigenvalue weighted by Gasteiger charge is 2.22. The molecule has 0 spiro atoms. The number of fused-ring (bicyclic) bond motifs is 1. The van der Waals surface area contributed by atoms with Crippen molar-refractivity contribution in [1.82, 2.24) is 20.3 Å². The first kappa shape index (κ1) is 26.1. The van der Waals surface area contributed by atoms with Gasteiger partial charge in [0, 0.05) is 37.5 Å². The summed E-state index contributed by atoms with van der Waals surface area (Å²) in [6, 6.07) is 5.36. The lowest BCUT2D eigenvalue weighted by Gasteiger charge is -2.22. The number of aromatic nitrogens is 3. The zero-order valence-electron chi connectivity index (χ0n) is 20.1. The van der Waals surface area contributed by atoms with Gasteiger partial charge in [0.1, 0.15) is 11.9 Å². The summed E-state index contributed by atoms with van der Waals surface area (Å²) >= 11 is 0. The van der Waals surface area contributed by atoms with Crippen LogP contribution in [0.1, 0.15) is 47.7 Å². The number of carboxylic acids is 2. The first-order chi connectivity index (χ1) is 17.1. The molecule has 1 unspecified atom stereocenters. The van der Waals surface area contributed by atoms with Crippen LogP contribution in [-0.2, 0) is 22.6 Å². The van der Waals surface area contributed by atoms with Gasteiger partial charge in [0.05, 0.1) is 5.39 Å². The molecule has 190 valence electrons. The molecule has 12 heteroatoms. The molecule has 0 radical (unpaired) electrons. The van der Waals surface area contributed by atoms with Crippen molar-refractivity contribution in [3.05, 3.63) is 47.2 Å². The highest BCUT2D eigenvalue weighted by molar-refractivity contribution is 5.97. The third-order valence-corrected chi connectivity index (χ3v) is 5.70. The summed E-state index contributed by atoms with van der Waals surface area (Å²) < 4.78 is 0. The zero-order chi connectivity index (χ0) is 26.4. The van der Waals surface area contributed by atoms with Crippen LogP contribution in [0.25, 0.3) is 11.0 Å². The lowest BCUT2D eigenvalue weighted by atomic mass is 10.0. The smallest absolute Gasteiger partial charge is 0.326 e. The summed E-state index contributed by atoms with van der Waals surface area (Å²) in [5.74, 6) is -2.66. The second kappa shape index (κ2) is 11.3. The lowest BCUT2D eigenvalue weighted by molar-refractivity contribution is -0.140. The van der Waals surface area contributed by atoms with Crippen molar-refractivity contribution in [1.29, 1.82) is 0 Å². The average molecular weight is 496 g/mol. The van der Waals surface area contributed by atoms with E-state index in [0.717, 1.165) is 29.7 Å². The SMILES string of the molecule is CCCc1c(CN(C)c2ccc(C(=O)NC(CCC(=O)O)C(=O)O)cc2)cnc2nc(N)nc(N)c12. The van der Waals surface area contributed by atoms with Gasteiger partial charge in [0.2, 0.25) is 5.95 Å². The third kappa shape index (κ3) is 6.14. The molecule has 3 aromatic rings. The number of rotatable bonds is 11. The number of hydrogen-bond donors (Lipinski definition) is 5. The summed E-state index contributed by atoms with van der Waals surface area (Å²) in [5.41, 5.74) is 15.3. The molecule has 1 atom stereocenters. The lowest BCUT2D eigenvalue weighted by Crippen LogP contribution is -2.41. The average Bonchev–Trinajstić information content (AvgIpc) is 2.82. The Bertz CT molecular complexity index is 1280. The van der Waals surface area contributed by atoms with Gasteiger partial charge in [-0.3, -0.25) is 9.59 Å². The number of nitrogens with two attached hydrogens (primary N) is 2. The number of anilines is 3. The van der Waals surface area contributed by atoms with Crippen LogP contribution < -0.4 is 21.7 Å². The second-order valence-electron chi connectivity index (χ2n) is 8.38. The number of pyridine rings is 1. The Morgan fingerprint density at radius 3 is 2.42 bits per heavy atom. The van der Waals surface area contributed by atoms with Crippen LogP contribution in [0.15, 0.2) is 30.5 Å². The maximum atomic E-state index is 12.5. The minimum atomic E-state index is -1.29. The summed E-state index contributed by atoms with van der Waals surface area (Å²) in [6.45, 7) is 2.57. The van der Waals surface area contributed by atoms with Gasteiger partial charge in [-0.1, -0.05) is 13.3 Å². The number of carbonyl (C=O) groups is 3. The molecule has 12 nitrogen and oxygen atoms in total. The summed E-state index contributed by atoms with van der Waals surface area (Å²) in [5, 5.41) is 21.1. The molecule has 0 fully saturated rings. The van der Waals surface area contributed by atoms with Crippen LogP contribution in [0, 0.1) is 0 Å². The van der Waals surface area contributed by atoms with E-state index in [1.165, 1.54) is 0 Å². The van der Waals surface area contributed by atoms with Crippen molar-refractivity contribution in [2.24, 2.45) is 0 Å². The van der Waals surface area contributed by atoms with E-state index in [2.05, 4.69) is 27.2 Å². The van der Waals surface area contributed by atoms with E-state index in [4.69, 9.17) is 16.6 Å². The molecular formula is C24H29N7O5. The molecule has 0 saturated carbocycles. The number of carboxylic acid groups (broad SMARTS) is 2. The minimum Gasteiger partial charge on any atom is -0.481 e. The monoisotopic (exact) mass is 495 g/mol. The standard InChI is InChI=1S/C24H29N7O5/c1-3-4-16-14(11-27-21-19(16)20(25)29-24(26)30-21)12-31(2)15-7-5-13(6-8-15)22(34)28-17(23(35)36)9-10-18(32)33/h5-8,11,17H,3-4,9-10,12H2,1-2H3,(H,28,34)(H,32,33)(H,35,36)(H4,25,26,27,29,30). The quantitative estimate of drug-likeness (QED) is 0.260. The normalized spacial score (nSPS) is 11.7. The maximum Gasteiger partial charge on any atom is 0.326 e. The fraction of sp³-hybridized carbons (Fsp3) is 0.333. The molecule has 36 heavy (non-hydrogen) atoms. The molecule has 0 aliphatic rings. The molecule has 7 N–H and O–H groups in total. The molecule has 2 aromatic heterocycles. The number of nitrogen functional groups attached to an aromatic ring is 2. The van der Waals surface area contributed by atoms with E-state index in [0.29, 0.717) is 17.6 Å². The van der Waals surface area contributed by atoms with Crippen molar-refractivity contribution < 1.29 is 24.6 Å². The Morgan fingerprint density at radius 1 is 1.11 bits per heavy atom. The van der Waals surface area contributed by atoms with E-state index < -0.39 is 23.9 Å². The summed E-state index contributed by atoms with van der Waals surface area (Å²) in [6.07, 6.45) is 2.81. The van der Waals surface area contributed by atoms with Crippen LogP contribution in [0.4, 0.5) is 17.5 Å². The van der Waals surface area contributed by atoms with E-state index in [-0.39, 0.29) is 30.2 Å². The van der Waals surface area contributed by atoms with Gasteiger partial charge in [-0.15, -0.1) is 0 Å². The Labute approximate surface area is 207 Å². The van der Waals surface area contributed by atoms with Gasteiger partial charge < -0.3 is 31.9 Å². The molecule has 0 aliphatic heterocycles. The number of aryl methyl sites for hydroxylation is 1. The van der Waals surface area contributed by atoms with Crippen molar-refractivity contribution in [3.63, 3.8) is 0 Å².